The molecule has 1 aliphatic rings. The summed E-state index contributed by atoms with van der Waals surface area (Å²) in [6.45, 7) is 3.39. The summed E-state index contributed by atoms with van der Waals surface area (Å²) in [5, 5.41) is 3.06. The first-order valence-corrected chi connectivity index (χ1v) is 9.03. The van der Waals surface area contributed by atoms with E-state index in [9.17, 15) is 13.2 Å². The molecule has 1 unspecified atom stereocenters. The Hall–Kier alpha value is -2.25. The van der Waals surface area contributed by atoms with Gasteiger partial charge in [0.05, 0.1) is 16.3 Å². The van der Waals surface area contributed by atoms with Gasteiger partial charge in [0.25, 0.3) is 15.9 Å². The monoisotopic (exact) mass is 366 g/mol. The second-order valence-electron chi connectivity index (χ2n) is 5.47. The number of halogens is 1. The highest BCUT2D eigenvalue weighted by Gasteiger charge is 2.25. The average molecular weight is 367 g/mol. The fraction of sp³-hybridized carbons (Fsp3) is 0.188. The summed E-state index contributed by atoms with van der Waals surface area (Å²) in [5.74, 6) is 0.107. The highest BCUT2D eigenvalue weighted by molar-refractivity contribution is 7.92. The summed E-state index contributed by atoms with van der Waals surface area (Å²) in [6.07, 6.45) is -0.618. The number of hydrogen-bond donors (Lipinski definition) is 2. The quantitative estimate of drug-likeness (QED) is 0.873. The molecule has 0 aromatic heterocycles. The first-order chi connectivity index (χ1) is 11.3. The first kappa shape index (κ1) is 16.6. The molecule has 2 N–H and O–H groups in total. The molecule has 126 valence electrons. The highest BCUT2D eigenvalue weighted by Crippen LogP contribution is 2.32. The molecule has 6 nitrogen and oxygen atoms in total. The van der Waals surface area contributed by atoms with E-state index in [4.69, 9.17) is 16.3 Å². The van der Waals surface area contributed by atoms with Gasteiger partial charge in [-0.1, -0.05) is 17.7 Å². The second kappa shape index (κ2) is 5.99. The lowest BCUT2D eigenvalue weighted by atomic mass is 10.2. The predicted octanol–water partition coefficient (Wildman–Crippen LogP) is 3.17. The average Bonchev–Trinajstić information content (AvgIpc) is 2.51. The summed E-state index contributed by atoms with van der Waals surface area (Å²) < 4.78 is 33.1. The van der Waals surface area contributed by atoms with E-state index in [0.29, 0.717) is 22.1 Å². The minimum Gasteiger partial charge on any atom is -0.479 e. The molecule has 0 saturated heterocycles. The maximum atomic E-state index is 12.6. The second-order valence-corrected chi connectivity index (χ2v) is 7.59. The summed E-state index contributed by atoms with van der Waals surface area (Å²) in [5.41, 5.74) is 1.46. The molecule has 8 heteroatoms. The van der Waals surface area contributed by atoms with E-state index < -0.39 is 16.1 Å². The number of rotatable bonds is 3. The maximum absolute atomic E-state index is 12.6. The van der Waals surface area contributed by atoms with Crippen molar-refractivity contribution in [2.45, 2.75) is 24.8 Å². The number of benzene rings is 2. The number of amides is 1. The number of carbonyl (C=O) groups excluding carboxylic acids is 1. The minimum atomic E-state index is -3.83. The van der Waals surface area contributed by atoms with Crippen LogP contribution < -0.4 is 14.8 Å². The van der Waals surface area contributed by atoms with Gasteiger partial charge in [-0.15, -0.1) is 0 Å². The van der Waals surface area contributed by atoms with Crippen LogP contribution in [0.1, 0.15) is 12.5 Å². The van der Waals surface area contributed by atoms with Gasteiger partial charge in [0.1, 0.15) is 5.75 Å². The van der Waals surface area contributed by atoms with Gasteiger partial charge >= 0.3 is 0 Å². The van der Waals surface area contributed by atoms with Crippen molar-refractivity contribution < 1.29 is 17.9 Å². The lowest BCUT2D eigenvalue weighted by Gasteiger charge is -2.23. The Morgan fingerprint density at radius 3 is 2.71 bits per heavy atom. The Morgan fingerprint density at radius 1 is 1.21 bits per heavy atom. The summed E-state index contributed by atoms with van der Waals surface area (Å²) in [4.78, 5) is 11.7. The molecule has 1 heterocycles. The topological polar surface area (TPSA) is 84.5 Å². The van der Waals surface area contributed by atoms with Crippen LogP contribution in [0.15, 0.2) is 41.3 Å². The maximum Gasteiger partial charge on any atom is 0.265 e. The van der Waals surface area contributed by atoms with E-state index in [0.717, 1.165) is 5.56 Å². The molecular formula is C16H15ClN2O4S. The molecule has 1 aliphatic heterocycles. The molecule has 0 aliphatic carbocycles. The highest BCUT2D eigenvalue weighted by atomic mass is 35.5. The number of carbonyl (C=O) groups is 1. The Kier molecular flexibility index (Phi) is 4.15. The van der Waals surface area contributed by atoms with Gasteiger partial charge in [-0.25, -0.2) is 8.42 Å². The van der Waals surface area contributed by atoms with Crippen LogP contribution in [0.3, 0.4) is 0 Å². The largest absolute Gasteiger partial charge is 0.479 e. The van der Waals surface area contributed by atoms with Crippen molar-refractivity contribution >= 4 is 38.9 Å². The van der Waals surface area contributed by atoms with Crippen molar-refractivity contribution in [1.82, 2.24) is 0 Å². The third-order valence-corrected chi connectivity index (χ3v) is 5.23. The Morgan fingerprint density at radius 2 is 1.96 bits per heavy atom. The van der Waals surface area contributed by atoms with Crippen LogP contribution in [0.4, 0.5) is 11.4 Å². The molecular weight excluding hydrogens is 352 g/mol. The molecule has 0 fully saturated rings. The third kappa shape index (κ3) is 3.18. The van der Waals surface area contributed by atoms with Crippen molar-refractivity contribution in [3.63, 3.8) is 0 Å². The van der Waals surface area contributed by atoms with E-state index in [2.05, 4.69) is 10.0 Å². The summed E-state index contributed by atoms with van der Waals surface area (Å²) in [7, 11) is -3.83. The van der Waals surface area contributed by atoms with Crippen LogP contribution in [-0.4, -0.2) is 20.4 Å². The lowest BCUT2D eigenvalue weighted by molar-refractivity contribution is -0.122. The van der Waals surface area contributed by atoms with Crippen molar-refractivity contribution in [3.8, 4) is 5.75 Å². The van der Waals surface area contributed by atoms with Crippen molar-refractivity contribution in [3.05, 3.63) is 47.0 Å². The van der Waals surface area contributed by atoms with Crippen molar-refractivity contribution in [2.24, 2.45) is 0 Å². The fourth-order valence-corrected chi connectivity index (χ4v) is 3.58. The molecule has 24 heavy (non-hydrogen) atoms. The zero-order valence-electron chi connectivity index (χ0n) is 13.0. The number of nitrogens with one attached hydrogen (secondary N) is 2. The molecule has 3 rings (SSSR count). The van der Waals surface area contributed by atoms with E-state index in [1.54, 1.807) is 32.0 Å². The number of hydrogen-bond acceptors (Lipinski definition) is 4. The fourth-order valence-electron chi connectivity index (χ4n) is 2.26. The SMILES string of the molecule is Cc1ccc(Cl)cc1NS(=O)(=O)c1ccc2c(c1)NC(=O)C(C)O2. The number of sulfonamides is 1. The molecule has 1 atom stereocenters. The van der Waals surface area contributed by atoms with Crippen LogP contribution in [0.2, 0.25) is 5.02 Å². The van der Waals surface area contributed by atoms with Crippen LogP contribution >= 0.6 is 11.6 Å². The van der Waals surface area contributed by atoms with Gasteiger partial charge in [-0.2, -0.15) is 0 Å². The normalized spacial score (nSPS) is 16.8. The number of fused-ring (bicyclic) bond motifs is 1. The van der Waals surface area contributed by atoms with Gasteiger partial charge in [0.15, 0.2) is 6.10 Å². The van der Waals surface area contributed by atoms with Crippen molar-refractivity contribution in [1.29, 1.82) is 0 Å². The molecule has 2 aromatic carbocycles. The van der Waals surface area contributed by atoms with Crippen LogP contribution in [0.5, 0.6) is 5.75 Å². The third-order valence-electron chi connectivity index (χ3n) is 3.64. The predicted molar refractivity (Wildman–Crippen MR) is 92.2 cm³/mol. The van der Waals surface area contributed by atoms with E-state index in [-0.39, 0.29) is 10.8 Å². The Labute approximate surface area is 144 Å². The van der Waals surface area contributed by atoms with Crippen LogP contribution in [-0.2, 0) is 14.8 Å². The Bertz CT molecular complexity index is 928. The molecule has 0 saturated carbocycles. The van der Waals surface area contributed by atoms with Gasteiger partial charge in [-0.05, 0) is 49.7 Å². The lowest BCUT2D eigenvalue weighted by Crippen LogP contribution is -2.34. The number of ether oxygens (including phenoxy) is 1. The molecule has 1 amide bonds. The summed E-state index contributed by atoms with van der Waals surface area (Å²) in [6, 6.07) is 9.25. The standard InChI is InChI=1S/C16H15ClN2O4S/c1-9-3-4-11(17)7-13(9)19-24(21,22)12-5-6-15-14(8-12)18-16(20)10(2)23-15/h3-8,10,19H,1-2H3,(H,18,20). The van der Waals surface area contributed by atoms with E-state index in [1.165, 1.54) is 18.2 Å². The van der Waals surface area contributed by atoms with Crippen molar-refractivity contribution in [2.75, 3.05) is 10.0 Å². The molecule has 0 radical (unpaired) electrons. The molecule has 2 aromatic rings. The smallest absolute Gasteiger partial charge is 0.265 e. The van der Waals surface area contributed by atoms with Gasteiger partial charge in [-0.3, -0.25) is 9.52 Å². The number of aryl methyl sites for hydroxylation is 1. The zero-order valence-corrected chi connectivity index (χ0v) is 14.5. The zero-order chi connectivity index (χ0) is 17.5. The first-order valence-electron chi connectivity index (χ1n) is 7.17. The van der Waals surface area contributed by atoms with Gasteiger partial charge < -0.3 is 10.1 Å². The van der Waals surface area contributed by atoms with Gasteiger partial charge in [0, 0.05) is 5.02 Å². The van der Waals surface area contributed by atoms with Gasteiger partial charge in [0.2, 0.25) is 0 Å². The summed E-state index contributed by atoms with van der Waals surface area (Å²) >= 11 is 5.92. The minimum absolute atomic E-state index is 0.0130. The molecule has 0 bridgehead atoms. The van der Waals surface area contributed by atoms with E-state index >= 15 is 0 Å². The van der Waals surface area contributed by atoms with E-state index in [1.807, 2.05) is 0 Å². The van der Waals surface area contributed by atoms with Crippen LogP contribution in [0.25, 0.3) is 0 Å². The van der Waals surface area contributed by atoms with Crippen LogP contribution in [0, 0.1) is 6.92 Å². The Balaban J connectivity index is 1.95. The molecule has 0 spiro atoms. The number of anilines is 2.